The molecule has 0 aliphatic heterocycles. The Morgan fingerprint density at radius 3 is 2.53 bits per heavy atom. The van der Waals surface area contributed by atoms with Crippen molar-refractivity contribution in [3.8, 4) is 6.07 Å². The minimum absolute atomic E-state index is 0.290. The number of carbonyl (C=O) groups is 1. The molecule has 0 spiro atoms. The average Bonchev–Trinajstić information content (AvgIpc) is 3.21. The first-order valence-electron chi connectivity index (χ1n) is 13.6. The molecule has 0 N–H and O–H groups in total. The van der Waals surface area contributed by atoms with Gasteiger partial charge in [0.05, 0.1) is 11.5 Å². The van der Waals surface area contributed by atoms with Crippen molar-refractivity contribution in [2.75, 3.05) is 0 Å². The molecule has 2 atom stereocenters. The lowest BCUT2D eigenvalue weighted by molar-refractivity contribution is -0.123. The van der Waals surface area contributed by atoms with Gasteiger partial charge in [-0.3, -0.25) is 4.79 Å². The van der Waals surface area contributed by atoms with Crippen LogP contribution in [0, 0.1) is 17.2 Å². The molecule has 36 heavy (non-hydrogen) atoms. The summed E-state index contributed by atoms with van der Waals surface area (Å²) in [5, 5.41) is 10.9. The van der Waals surface area contributed by atoms with Crippen molar-refractivity contribution < 1.29 is 4.79 Å². The van der Waals surface area contributed by atoms with E-state index >= 15 is 0 Å². The molecule has 1 heterocycles. The molecule has 4 heteroatoms. The number of unbranched alkanes of at least 4 members (excludes halogenated alkanes) is 2. The largest absolute Gasteiger partial charge is 0.345 e. The predicted octanol–water partition coefficient (Wildman–Crippen LogP) is 8.84. The number of aromatic nitrogens is 1. The van der Waals surface area contributed by atoms with Crippen LogP contribution >= 0.6 is 11.6 Å². The summed E-state index contributed by atoms with van der Waals surface area (Å²) in [6.07, 6.45) is 8.36. The van der Waals surface area contributed by atoms with Gasteiger partial charge in [-0.15, -0.1) is 0 Å². The highest BCUT2D eigenvalue weighted by Gasteiger charge is 2.37. The van der Waals surface area contributed by atoms with E-state index in [1.165, 1.54) is 27.7 Å². The van der Waals surface area contributed by atoms with Crippen molar-refractivity contribution in [3.63, 3.8) is 0 Å². The maximum Gasteiger partial charge on any atom is 0.140 e. The van der Waals surface area contributed by atoms with Gasteiger partial charge in [0.1, 0.15) is 5.78 Å². The summed E-state index contributed by atoms with van der Waals surface area (Å²) >= 11 is 6.25. The van der Waals surface area contributed by atoms with Crippen LogP contribution in [0.15, 0.2) is 48.5 Å². The van der Waals surface area contributed by atoms with Crippen LogP contribution in [0.3, 0.4) is 0 Å². The van der Waals surface area contributed by atoms with E-state index in [0.29, 0.717) is 18.1 Å². The van der Waals surface area contributed by atoms with E-state index in [9.17, 15) is 4.79 Å². The highest BCUT2D eigenvalue weighted by atomic mass is 35.5. The van der Waals surface area contributed by atoms with Gasteiger partial charge < -0.3 is 4.57 Å². The quantitative estimate of drug-likeness (QED) is 0.206. The van der Waals surface area contributed by atoms with Gasteiger partial charge in [0.2, 0.25) is 0 Å². The standard InChI is InChI=1S/C32H41ClN2O/c1-5-24(3)23-32(6-2,25(4)36)30-16-10-8-14-26(30)13-7-9-15-29-22-27-21-28(33)17-18-31(27)35(29)20-12-11-19-34/h8,10,14,16-18,21-22,24H,5-7,9,11-13,15,20,23H2,1-4H3. The third-order valence-corrected chi connectivity index (χ3v) is 8.19. The first-order valence-corrected chi connectivity index (χ1v) is 14.0. The molecule has 0 fully saturated rings. The van der Waals surface area contributed by atoms with Crippen LogP contribution in [0.25, 0.3) is 10.9 Å². The van der Waals surface area contributed by atoms with E-state index in [0.717, 1.165) is 62.9 Å². The van der Waals surface area contributed by atoms with E-state index in [1.54, 1.807) is 6.92 Å². The van der Waals surface area contributed by atoms with E-state index in [2.05, 4.69) is 67.8 Å². The van der Waals surface area contributed by atoms with Crippen LogP contribution in [0.1, 0.15) is 89.5 Å². The second-order valence-electron chi connectivity index (χ2n) is 10.3. The van der Waals surface area contributed by atoms with Gasteiger partial charge in [0, 0.05) is 34.6 Å². The highest BCUT2D eigenvalue weighted by molar-refractivity contribution is 6.31. The Balaban J connectivity index is 1.76. The third-order valence-electron chi connectivity index (χ3n) is 7.95. The summed E-state index contributed by atoms with van der Waals surface area (Å²) in [5.41, 5.74) is 4.66. The second-order valence-corrected chi connectivity index (χ2v) is 10.8. The molecule has 0 bridgehead atoms. The average molecular weight is 505 g/mol. The molecule has 0 saturated heterocycles. The van der Waals surface area contributed by atoms with Crippen LogP contribution in [0.2, 0.25) is 5.02 Å². The normalized spacial score (nSPS) is 13.9. The zero-order valence-electron chi connectivity index (χ0n) is 22.4. The number of nitrogens with zero attached hydrogens (tertiary/aromatic N) is 2. The van der Waals surface area contributed by atoms with E-state index in [4.69, 9.17) is 16.9 Å². The van der Waals surface area contributed by atoms with Gasteiger partial charge in [-0.2, -0.15) is 5.26 Å². The van der Waals surface area contributed by atoms with Crippen molar-refractivity contribution in [2.45, 2.75) is 97.4 Å². The number of Topliss-reactive ketones (excluding diaryl/α,β-unsaturated/α-hetero) is 1. The number of halogens is 1. The molecule has 0 amide bonds. The Bertz CT molecular complexity index is 1200. The van der Waals surface area contributed by atoms with Gasteiger partial charge in [-0.05, 0) is 93.2 Å². The lowest BCUT2D eigenvalue weighted by Crippen LogP contribution is -2.36. The molecule has 2 aromatic carbocycles. The van der Waals surface area contributed by atoms with Crippen molar-refractivity contribution in [1.29, 1.82) is 5.26 Å². The number of hydrogen-bond donors (Lipinski definition) is 0. The smallest absolute Gasteiger partial charge is 0.140 e. The monoisotopic (exact) mass is 504 g/mol. The topological polar surface area (TPSA) is 45.8 Å². The van der Waals surface area contributed by atoms with Crippen LogP contribution < -0.4 is 0 Å². The van der Waals surface area contributed by atoms with Crippen LogP contribution in [-0.2, 0) is 29.6 Å². The lowest BCUT2D eigenvalue weighted by atomic mass is 9.67. The van der Waals surface area contributed by atoms with Crippen molar-refractivity contribution in [1.82, 2.24) is 4.57 Å². The molecule has 3 rings (SSSR count). The first-order chi connectivity index (χ1) is 17.4. The minimum Gasteiger partial charge on any atom is -0.345 e. The summed E-state index contributed by atoms with van der Waals surface area (Å²) in [6, 6.07) is 19.2. The summed E-state index contributed by atoms with van der Waals surface area (Å²) in [6.45, 7) is 9.27. The molecule has 0 saturated carbocycles. The Morgan fingerprint density at radius 2 is 1.83 bits per heavy atom. The number of carbonyl (C=O) groups excluding carboxylic acids is 1. The number of aryl methyl sites for hydroxylation is 3. The summed E-state index contributed by atoms with van der Waals surface area (Å²) in [7, 11) is 0. The summed E-state index contributed by atoms with van der Waals surface area (Å²) < 4.78 is 2.36. The zero-order chi connectivity index (χ0) is 26.1. The first kappa shape index (κ1) is 28.0. The maximum absolute atomic E-state index is 13.0. The van der Waals surface area contributed by atoms with Gasteiger partial charge in [0.15, 0.2) is 0 Å². The van der Waals surface area contributed by atoms with Gasteiger partial charge in [-0.1, -0.05) is 63.1 Å². The van der Waals surface area contributed by atoms with E-state index in [1.807, 2.05) is 12.1 Å². The minimum atomic E-state index is -0.390. The van der Waals surface area contributed by atoms with Gasteiger partial charge >= 0.3 is 0 Å². The molecular weight excluding hydrogens is 464 g/mol. The zero-order valence-corrected chi connectivity index (χ0v) is 23.2. The number of nitriles is 1. The second kappa shape index (κ2) is 13.1. The van der Waals surface area contributed by atoms with Crippen LogP contribution in [0.5, 0.6) is 0 Å². The maximum atomic E-state index is 13.0. The van der Waals surface area contributed by atoms with Crippen LogP contribution in [0.4, 0.5) is 0 Å². The Hall–Kier alpha value is -2.57. The number of ketones is 1. The van der Waals surface area contributed by atoms with Crippen LogP contribution in [-0.4, -0.2) is 10.4 Å². The predicted molar refractivity (Wildman–Crippen MR) is 152 cm³/mol. The third kappa shape index (κ3) is 6.40. The molecule has 0 aliphatic rings. The van der Waals surface area contributed by atoms with Crippen molar-refractivity contribution in [3.05, 3.63) is 70.4 Å². The number of rotatable bonds is 14. The molecular formula is C32H41ClN2O. The van der Waals surface area contributed by atoms with Crippen molar-refractivity contribution >= 4 is 28.3 Å². The van der Waals surface area contributed by atoms with E-state index in [-0.39, 0.29) is 0 Å². The SMILES string of the molecule is CCC(C)CC(CC)(C(C)=O)c1ccccc1CCCCc1cc2cc(Cl)ccc2n1CCCC#N. The van der Waals surface area contributed by atoms with Gasteiger partial charge in [0.25, 0.3) is 0 Å². The number of hydrogen-bond acceptors (Lipinski definition) is 2. The molecule has 1 aromatic heterocycles. The van der Waals surface area contributed by atoms with Crippen molar-refractivity contribution in [2.24, 2.45) is 5.92 Å². The molecule has 3 aromatic rings. The number of benzene rings is 2. The fourth-order valence-electron chi connectivity index (χ4n) is 5.68. The highest BCUT2D eigenvalue weighted by Crippen LogP contribution is 2.39. The fourth-order valence-corrected chi connectivity index (χ4v) is 5.86. The summed E-state index contributed by atoms with van der Waals surface area (Å²) in [5.74, 6) is 0.802. The Morgan fingerprint density at radius 1 is 1.08 bits per heavy atom. The fraction of sp³-hybridized carbons (Fsp3) is 0.500. The Kier molecular flexibility index (Phi) is 10.2. The molecule has 2 unspecified atom stereocenters. The van der Waals surface area contributed by atoms with Gasteiger partial charge in [-0.25, -0.2) is 0 Å². The molecule has 3 nitrogen and oxygen atoms in total. The summed E-state index contributed by atoms with van der Waals surface area (Å²) in [4.78, 5) is 13.0. The molecule has 0 aliphatic carbocycles. The number of fused-ring (bicyclic) bond motifs is 1. The molecule has 192 valence electrons. The van der Waals surface area contributed by atoms with E-state index < -0.39 is 5.41 Å². The molecule has 0 radical (unpaired) electrons. The Labute approximate surface area is 222 Å². The lowest BCUT2D eigenvalue weighted by Gasteiger charge is -2.35.